The molecular formula is C35H62O6. The fourth-order valence-corrected chi connectivity index (χ4v) is 3.85. The van der Waals surface area contributed by atoms with Gasteiger partial charge in [0.2, 0.25) is 0 Å². The standard InChI is InChI=1S/C18H32.C9H12.3C2H4O2.C2H6/c1-3-5-7-9-11-14-18-16-12-15-17(18)13-10-8-6-4-2;1-2-6-9-7-4-3-5-8-9;3*1-2(3)4;1-2/h9-11,13,17-18H,3-8,12,14-16H2,1-2H3;3-5,7-8H,2,6H2,1H3;3*1H3,(H,3,4);1-2H3/b11-9-,13-10+;;;;;/t17?,18-;;;;;/m0...../s1. The minimum atomic E-state index is -0.833. The highest BCUT2D eigenvalue weighted by atomic mass is 16.4. The predicted octanol–water partition coefficient (Wildman–Crippen LogP) is 10.2. The molecular weight excluding hydrogens is 516 g/mol. The zero-order valence-electron chi connectivity index (χ0n) is 27.4. The van der Waals surface area contributed by atoms with Crippen LogP contribution in [0, 0.1) is 11.8 Å². The van der Waals surface area contributed by atoms with Crippen molar-refractivity contribution >= 4 is 17.9 Å². The van der Waals surface area contributed by atoms with E-state index in [1.165, 1.54) is 82.6 Å². The fourth-order valence-electron chi connectivity index (χ4n) is 3.85. The van der Waals surface area contributed by atoms with Gasteiger partial charge in [-0.3, -0.25) is 14.4 Å². The van der Waals surface area contributed by atoms with E-state index in [1.807, 2.05) is 13.8 Å². The third-order valence-corrected chi connectivity index (χ3v) is 5.54. The molecule has 0 aromatic heterocycles. The maximum absolute atomic E-state index is 9.00. The molecule has 0 amide bonds. The van der Waals surface area contributed by atoms with Gasteiger partial charge in [0, 0.05) is 20.8 Å². The summed E-state index contributed by atoms with van der Waals surface area (Å²) >= 11 is 0. The third-order valence-electron chi connectivity index (χ3n) is 5.54. The van der Waals surface area contributed by atoms with Gasteiger partial charge < -0.3 is 15.3 Å². The van der Waals surface area contributed by atoms with E-state index in [1.54, 1.807) is 0 Å². The van der Waals surface area contributed by atoms with E-state index >= 15 is 0 Å². The summed E-state index contributed by atoms with van der Waals surface area (Å²) in [6.07, 6.45) is 25.8. The Bertz CT molecular complexity index is 715. The lowest BCUT2D eigenvalue weighted by atomic mass is 9.92. The van der Waals surface area contributed by atoms with E-state index in [-0.39, 0.29) is 0 Å². The highest BCUT2D eigenvalue weighted by Gasteiger charge is 2.23. The zero-order chi connectivity index (χ0) is 32.3. The molecule has 6 nitrogen and oxygen atoms in total. The molecule has 0 aliphatic heterocycles. The smallest absolute Gasteiger partial charge is 0.300 e. The van der Waals surface area contributed by atoms with E-state index < -0.39 is 17.9 Å². The second kappa shape index (κ2) is 37.1. The van der Waals surface area contributed by atoms with Gasteiger partial charge in [-0.1, -0.05) is 128 Å². The summed E-state index contributed by atoms with van der Waals surface area (Å²) in [6, 6.07) is 10.6. The summed E-state index contributed by atoms with van der Waals surface area (Å²) in [4.78, 5) is 27.0. The number of hydrogen-bond donors (Lipinski definition) is 3. The maximum atomic E-state index is 9.00. The fraction of sp³-hybridized carbons (Fsp3) is 0.629. The second-order valence-corrected chi connectivity index (χ2v) is 9.57. The summed E-state index contributed by atoms with van der Waals surface area (Å²) in [5.74, 6) is -0.696. The van der Waals surface area contributed by atoms with Gasteiger partial charge in [0.25, 0.3) is 17.9 Å². The molecule has 1 aromatic rings. The van der Waals surface area contributed by atoms with Crippen molar-refractivity contribution in [1.82, 2.24) is 0 Å². The average Bonchev–Trinajstić information content (AvgIpc) is 3.35. The Kier molecular flexibility index (Phi) is 40.8. The van der Waals surface area contributed by atoms with Crippen molar-refractivity contribution in [2.24, 2.45) is 11.8 Å². The first-order valence-corrected chi connectivity index (χ1v) is 15.5. The Balaban J connectivity index is -0.000000247. The van der Waals surface area contributed by atoms with Crippen LogP contribution in [-0.2, 0) is 20.8 Å². The summed E-state index contributed by atoms with van der Waals surface area (Å²) in [6.45, 7) is 14.0. The monoisotopic (exact) mass is 578 g/mol. The molecule has 1 aromatic carbocycles. The number of carboxylic acid groups (broad SMARTS) is 3. The minimum absolute atomic E-state index is 0.833. The lowest BCUT2D eigenvalue weighted by molar-refractivity contribution is -0.135. The summed E-state index contributed by atoms with van der Waals surface area (Å²) in [5, 5.41) is 22.2. The Morgan fingerprint density at radius 1 is 0.732 bits per heavy atom. The average molecular weight is 579 g/mol. The van der Waals surface area contributed by atoms with Gasteiger partial charge in [-0.05, 0) is 55.9 Å². The van der Waals surface area contributed by atoms with E-state index in [0.29, 0.717) is 0 Å². The Hall–Kier alpha value is -2.89. The summed E-state index contributed by atoms with van der Waals surface area (Å²) in [7, 11) is 0. The SMILES string of the molecule is CC.CC(=O)O.CC(=O)O.CC(=O)O.CCCC/C=C\C[C@H]1CCCC1/C=C/CCCC.CCCc1ccccc1. The molecule has 1 fully saturated rings. The third kappa shape index (κ3) is 47.3. The van der Waals surface area contributed by atoms with Crippen LogP contribution in [0.15, 0.2) is 54.6 Å². The van der Waals surface area contributed by atoms with E-state index in [0.717, 1.165) is 32.6 Å². The zero-order valence-corrected chi connectivity index (χ0v) is 27.4. The molecule has 0 spiro atoms. The van der Waals surface area contributed by atoms with Crippen LogP contribution in [-0.4, -0.2) is 33.2 Å². The molecule has 1 aliphatic rings. The Morgan fingerprint density at radius 2 is 1.20 bits per heavy atom. The number of allylic oxidation sites excluding steroid dienone is 4. The maximum Gasteiger partial charge on any atom is 0.300 e. The molecule has 1 saturated carbocycles. The topological polar surface area (TPSA) is 112 Å². The molecule has 1 unspecified atom stereocenters. The first-order chi connectivity index (χ1) is 19.5. The van der Waals surface area contributed by atoms with Crippen LogP contribution < -0.4 is 0 Å². The van der Waals surface area contributed by atoms with Crippen molar-refractivity contribution in [3.8, 4) is 0 Å². The minimum Gasteiger partial charge on any atom is -0.481 e. The summed E-state index contributed by atoms with van der Waals surface area (Å²) in [5.41, 5.74) is 1.44. The molecule has 238 valence electrons. The number of rotatable bonds is 11. The van der Waals surface area contributed by atoms with E-state index in [9.17, 15) is 0 Å². The predicted molar refractivity (Wildman–Crippen MR) is 174 cm³/mol. The molecule has 0 saturated heterocycles. The van der Waals surface area contributed by atoms with Crippen LogP contribution in [0.1, 0.15) is 132 Å². The molecule has 0 radical (unpaired) electrons. The molecule has 41 heavy (non-hydrogen) atoms. The van der Waals surface area contributed by atoms with Crippen LogP contribution in [0.25, 0.3) is 0 Å². The quantitative estimate of drug-likeness (QED) is 0.178. The number of benzene rings is 1. The van der Waals surface area contributed by atoms with Crippen molar-refractivity contribution in [2.45, 2.75) is 132 Å². The number of carbonyl (C=O) groups is 3. The van der Waals surface area contributed by atoms with Crippen molar-refractivity contribution in [2.75, 3.05) is 0 Å². The lowest BCUT2D eigenvalue weighted by Gasteiger charge is -2.13. The first-order valence-electron chi connectivity index (χ1n) is 15.5. The first kappa shape index (κ1) is 45.1. The van der Waals surface area contributed by atoms with Crippen molar-refractivity contribution in [3.05, 3.63) is 60.2 Å². The molecule has 3 N–H and O–H groups in total. The van der Waals surface area contributed by atoms with Gasteiger partial charge in [0.05, 0.1) is 0 Å². The highest BCUT2D eigenvalue weighted by molar-refractivity contribution is 5.63. The van der Waals surface area contributed by atoms with Crippen molar-refractivity contribution in [1.29, 1.82) is 0 Å². The van der Waals surface area contributed by atoms with Gasteiger partial charge in [-0.2, -0.15) is 0 Å². The molecule has 0 heterocycles. The van der Waals surface area contributed by atoms with Crippen LogP contribution >= 0.6 is 0 Å². The van der Waals surface area contributed by atoms with E-state index in [2.05, 4.69) is 75.4 Å². The van der Waals surface area contributed by atoms with Gasteiger partial charge in [0.15, 0.2) is 0 Å². The molecule has 2 rings (SSSR count). The number of hydrogen-bond acceptors (Lipinski definition) is 3. The van der Waals surface area contributed by atoms with Gasteiger partial charge in [0.1, 0.15) is 0 Å². The largest absolute Gasteiger partial charge is 0.481 e. The van der Waals surface area contributed by atoms with Gasteiger partial charge in [-0.25, -0.2) is 0 Å². The van der Waals surface area contributed by atoms with Gasteiger partial charge in [-0.15, -0.1) is 0 Å². The Labute approximate surface area is 252 Å². The second-order valence-electron chi connectivity index (χ2n) is 9.57. The van der Waals surface area contributed by atoms with E-state index in [4.69, 9.17) is 29.7 Å². The molecule has 2 atom stereocenters. The highest BCUT2D eigenvalue weighted by Crippen LogP contribution is 2.35. The lowest BCUT2D eigenvalue weighted by Crippen LogP contribution is -2.03. The van der Waals surface area contributed by atoms with Crippen molar-refractivity contribution < 1.29 is 29.7 Å². The molecule has 0 bridgehead atoms. The van der Waals surface area contributed by atoms with Crippen molar-refractivity contribution in [3.63, 3.8) is 0 Å². The normalized spacial score (nSPS) is 14.8. The number of unbranched alkanes of at least 4 members (excludes halogenated alkanes) is 4. The molecule has 1 aliphatic carbocycles. The Morgan fingerprint density at radius 3 is 1.63 bits per heavy atom. The number of carboxylic acids is 3. The number of aryl methyl sites for hydroxylation is 1. The van der Waals surface area contributed by atoms with Crippen LogP contribution in [0.4, 0.5) is 0 Å². The van der Waals surface area contributed by atoms with Crippen LogP contribution in [0.5, 0.6) is 0 Å². The van der Waals surface area contributed by atoms with Crippen LogP contribution in [0.2, 0.25) is 0 Å². The van der Waals surface area contributed by atoms with Gasteiger partial charge >= 0.3 is 0 Å². The number of aliphatic carboxylic acids is 3. The molecule has 6 heteroatoms. The summed E-state index contributed by atoms with van der Waals surface area (Å²) < 4.78 is 0. The van der Waals surface area contributed by atoms with Crippen LogP contribution in [0.3, 0.4) is 0 Å².